The topological polar surface area (TPSA) is 90.0 Å². The molecule has 0 saturated carbocycles. The number of anilines is 1. The number of nitrogens with one attached hydrogen (secondary N) is 1. The minimum atomic E-state index is -3.88. The van der Waals surface area contributed by atoms with Gasteiger partial charge in [-0.2, -0.15) is 4.98 Å². The van der Waals surface area contributed by atoms with Crippen molar-refractivity contribution in [2.24, 2.45) is 0 Å². The van der Waals surface area contributed by atoms with Gasteiger partial charge in [-0.15, -0.1) is 0 Å². The predicted octanol–water partition coefficient (Wildman–Crippen LogP) is 4.53. The molecule has 0 aliphatic carbocycles. The molecule has 4 rings (SSSR count). The molecule has 0 amide bonds. The summed E-state index contributed by atoms with van der Waals surface area (Å²) in [6.45, 7) is 1.23. The fraction of sp³-hybridized carbons (Fsp3) is 0.143. The summed E-state index contributed by atoms with van der Waals surface area (Å²) >= 11 is 6.26. The van der Waals surface area contributed by atoms with Crippen LogP contribution in [0.5, 0.6) is 0 Å². The minimum absolute atomic E-state index is 0.0967. The highest BCUT2D eigenvalue weighted by Crippen LogP contribution is 2.34. The van der Waals surface area contributed by atoms with E-state index in [2.05, 4.69) is 15.3 Å². The van der Waals surface area contributed by atoms with Crippen molar-refractivity contribution in [1.82, 2.24) is 14.5 Å². The predicted molar refractivity (Wildman–Crippen MR) is 114 cm³/mol. The van der Waals surface area contributed by atoms with Crippen molar-refractivity contribution in [3.8, 4) is 11.5 Å². The summed E-state index contributed by atoms with van der Waals surface area (Å²) in [4.78, 5) is 8.45. The Labute approximate surface area is 179 Å². The fourth-order valence-electron chi connectivity index (χ4n) is 2.94. The molecule has 0 spiro atoms. The second-order valence-corrected chi connectivity index (χ2v) is 8.80. The lowest BCUT2D eigenvalue weighted by atomic mass is 10.2. The van der Waals surface area contributed by atoms with Gasteiger partial charge >= 0.3 is 0 Å². The lowest BCUT2D eigenvalue weighted by Crippen LogP contribution is -2.09. The van der Waals surface area contributed by atoms with E-state index >= 15 is 0 Å². The Bertz CT molecular complexity index is 1220. The van der Waals surface area contributed by atoms with Gasteiger partial charge in [-0.3, -0.25) is 0 Å². The van der Waals surface area contributed by atoms with Crippen molar-refractivity contribution in [1.29, 1.82) is 0 Å². The summed E-state index contributed by atoms with van der Waals surface area (Å²) in [6.07, 6.45) is 6.05. The molecule has 2 heterocycles. The highest BCUT2D eigenvalue weighted by Gasteiger charge is 2.28. The largest absolute Gasteiger partial charge is 0.419 e. The van der Waals surface area contributed by atoms with Crippen LogP contribution in [0.15, 0.2) is 87.7 Å². The quantitative estimate of drug-likeness (QED) is 0.403. The van der Waals surface area contributed by atoms with Crippen LogP contribution in [-0.2, 0) is 16.4 Å². The van der Waals surface area contributed by atoms with Crippen molar-refractivity contribution in [3.05, 3.63) is 78.3 Å². The van der Waals surface area contributed by atoms with Crippen molar-refractivity contribution in [2.45, 2.75) is 22.9 Å². The molecule has 0 aliphatic rings. The number of nitrogens with zero attached hydrogens (tertiary/aromatic N) is 3. The van der Waals surface area contributed by atoms with E-state index in [1.807, 2.05) is 10.8 Å². The molecule has 0 fully saturated rings. The van der Waals surface area contributed by atoms with Gasteiger partial charge in [0.05, 0.1) is 21.8 Å². The number of hydrogen-bond acceptors (Lipinski definition) is 6. The first-order valence-electron chi connectivity index (χ1n) is 9.31. The average molecular weight is 443 g/mol. The maximum atomic E-state index is 13.2. The maximum Gasteiger partial charge on any atom is 0.233 e. The van der Waals surface area contributed by atoms with E-state index in [9.17, 15) is 8.42 Å². The molecule has 0 bridgehead atoms. The van der Waals surface area contributed by atoms with Crippen LogP contribution in [0.2, 0.25) is 5.02 Å². The lowest BCUT2D eigenvalue weighted by molar-refractivity contribution is 0.571. The third-order valence-electron chi connectivity index (χ3n) is 4.45. The number of sulfone groups is 1. The SMILES string of the molecule is O=S(=O)(c1ccccc1)c1nc(-c2ccccc2Cl)oc1NCCCn1ccnc1. The molecule has 2 aromatic heterocycles. The monoisotopic (exact) mass is 442 g/mol. The average Bonchev–Trinajstić information content (AvgIpc) is 3.42. The molecular weight excluding hydrogens is 424 g/mol. The summed E-state index contributed by atoms with van der Waals surface area (Å²) < 4.78 is 34.2. The van der Waals surface area contributed by atoms with Crippen molar-refractivity contribution in [3.63, 3.8) is 0 Å². The number of hydrogen-bond donors (Lipinski definition) is 1. The van der Waals surface area contributed by atoms with Crippen LogP contribution in [0.25, 0.3) is 11.5 Å². The Hall–Kier alpha value is -3.10. The van der Waals surface area contributed by atoms with E-state index in [0.717, 1.165) is 13.0 Å². The molecule has 0 unspecified atom stereocenters. The molecule has 0 atom stereocenters. The molecule has 1 N–H and O–H groups in total. The lowest BCUT2D eigenvalue weighted by Gasteiger charge is -2.06. The molecule has 154 valence electrons. The Morgan fingerprint density at radius 2 is 1.83 bits per heavy atom. The Balaban J connectivity index is 1.65. The zero-order chi connectivity index (χ0) is 21.0. The summed E-state index contributed by atoms with van der Waals surface area (Å²) in [5.41, 5.74) is 0.523. The van der Waals surface area contributed by atoms with Gasteiger partial charge in [-0.25, -0.2) is 13.4 Å². The fourth-order valence-corrected chi connectivity index (χ4v) is 4.46. The molecule has 2 aromatic carbocycles. The summed E-state index contributed by atoms with van der Waals surface area (Å²) in [5, 5.41) is 3.34. The Kier molecular flexibility index (Phi) is 5.87. The first-order valence-corrected chi connectivity index (χ1v) is 11.2. The van der Waals surface area contributed by atoms with Gasteiger partial charge in [0.1, 0.15) is 0 Å². The summed E-state index contributed by atoms with van der Waals surface area (Å²) in [7, 11) is -3.88. The Morgan fingerprint density at radius 1 is 1.07 bits per heavy atom. The third kappa shape index (κ3) is 4.24. The molecule has 7 nitrogen and oxygen atoms in total. The summed E-state index contributed by atoms with van der Waals surface area (Å²) in [5.74, 6) is 0.242. The van der Waals surface area contributed by atoms with Crippen LogP contribution in [0.3, 0.4) is 0 Å². The normalized spacial score (nSPS) is 11.5. The number of oxazole rings is 1. The van der Waals surface area contributed by atoms with Gasteiger partial charge in [0.15, 0.2) is 0 Å². The molecule has 0 radical (unpaired) electrons. The molecule has 30 heavy (non-hydrogen) atoms. The van der Waals surface area contributed by atoms with Gasteiger partial charge in [0.2, 0.25) is 26.6 Å². The molecule has 9 heteroatoms. The number of aryl methyl sites for hydroxylation is 1. The van der Waals surface area contributed by atoms with Crippen molar-refractivity contribution in [2.75, 3.05) is 11.9 Å². The second-order valence-electron chi connectivity index (χ2n) is 6.53. The van der Waals surface area contributed by atoms with Crippen LogP contribution in [0, 0.1) is 0 Å². The highest BCUT2D eigenvalue weighted by atomic mass is 35.5. The van der Waals surface area contributed by atoms with E-state index in [-0.39, 0.29) is 21.7 Å². The number of imidazole rings is 1. The van der Waals surface area contributed by atoms with E-state index in [1.54, 1.807) is 55.0 Å². The van der Waals surface area contributed by atoms with Crippen molar-refractivity contribution >= 4 is 27.3 Å². The highest BCUT2D eigenvalue weighted by molar-refractivity contribution is 7.91. The second kappa shape index (κ2) is 8.73. The summed E-state index contributed by atoms with van der Waals surface area (Å²) in [6, 6.07) is 15.2. The zero-order valence-corrected chi connectivity index (χ0v) is 17.5. The number of halogens is 1. The van der Waals surface area contributed by atoms with Gasteiger partial charge in [-0.05, 0) is 30.7 Å². The van der Waals surface area contributed by atoms with Gasteiger partial charge < -0.3 is 14.3 Å². The van der Waals surface area contributed by atoms with Crippen LogP contribution >= 0.6 is 11.6 Å². The third-order valence-corrected chi connectivity index (χ3v) is 6.45. The molecule has 0 aliphatic heterocycles. The smallest absolute Gasteiger partial charge is 0.233 e. The first-order chi connectivity index (χ1) is 14.6. The maximum absolute atomic E-state index is 13.2. The number of rotatable bonds is 8. The number of benzene rings is 2. The van der Waals surface area contributed by atoms with E-state index in [1.165, 1.54) is 12.1 Å². The first kappa shape index (κ1) is 20.2. The zero-order valence-electron chi connectivity index (χ0n) is 15.9. The van der Waals surface area contributed by atoms with Gasteiger partial charge in [0.25, 0.3) is 0 Å². The molecular formula is C21H19ClN4O3S. The van der Waals surface area contributed by atoms with Crippen LogP contribution < -0.4 is 5.32 Å². The van der Waals surface area contributed by atoms with Crippen LogP contribution in [-0.4, -0.2) is 29.5 Å². The van der Waals surface area contributed by atoms with Gasteiger partial charge in [0, 0.05) is 25.5 Å². The van der Waals surface area contributed by atoms with E-state index in [0.29, 0.717) is 17.1 Å². The Morgan fingerprint density at radius 3 is 2.57 bits per heavy atom. The molecule has 0 saturated heterocycles. The van der Waals surface area contributed by atoms with E-state index < -0.39 is 9.84 Å². The van der Waals surface area contributed by atoms with Gasteiger partial charge in [-0.1, -0.05) is 41.9 Å². The van der Waals surface area contributed by atoms with Crippen molar-refractivity contribution < 1.29 is 12.8 Å². The minimum Gasteiger partial charge on any atom is -0.419 e. The standard InChI is InChI=1S/C21H19ClN4O3S/c22-18-10-5-4-9-17(18)19-25-21(30(27,28)16-7-2-1-3-8-16)20(29-19)24-11-6-13-26-14-12-23-15-26/h1-5,7-10,12,14-15,24H,6,11,13H2. The molecule has 4 aromatic rings. The van der Waals surface area contributed by atoms with Crippen LogP contribution in [0.4, 0.5) is 5.88 Å². The number of aromatic nitrogens is 3. The van der Waals surface area contributed by atoms with E-state index in [4.69, 9.17) is 16.0 Å². The van der Waals surface area contributed by atoms with Crippen LogP contribution in [0.1, 0.15) is 6.42 Å².